The minimum Gasteiger partial charge on any atom is -0.336 e. The van der Waals surface area contributed by atoms with Gasteiger partial charge in [0.2, 0.25) is 5.91 Å². The van der Waals surface area contributed by atoms with Gasteiger partial charge in [-0.15, -0.1) is 12.3 Å². The first-order chi connectivity index (χ1) is 7.19. The van der Waals surface area contributed by atoms with E-state index in [1.807, 2.05) is 11.9 Å². The van der Waals surface area contributed by atoms with E-state index in [1.54, 1.807) is 0 Å². The smallest absolute Gasteiger partial charge is 0.223 e. The molecule has 1 heterocycles. The van der Waals surface area contributed by atoms with Gasteiger partial charge in [0, 0.05) is 39.0 Å². The molecular weight excluding hydrogens is 190 g/mol. The second-order valence-electron chi connectivity index (χ2n) is 3.94. The summed E-state index contributed by atoms with van der Waals surface area (Å²) in [5.74, 6) is 2.63. The predicted molar refractivity (Wildman–Crippen MR) is 60.1 cm³/mol. The van der Waals surface area contributed by atoms with Crippen LogP contribution >= 0.6 is 0 Å². The van der Waals surface area contributed by atoms with Gasteiger partial charge in [-0.2, -0.15) is 0 Å². The Bertz CT molecular complexity index is 259. The molecule has 0 radical (unpaired) electrons. The van der Waals surface area contributed by atoms with Crippen molar-refractivity contribution in [2.75, 3.05) is 33.2 Å². The van der Waals surface area contributed by atoms with Crippen molar-refractivity contribution >= 4 is 5.91 Å². The lowest BCUT2D eigenvalue weighted by Crippen LogP contribution is -2.56. The molecule has 0 spiro atoms. The fraction of sp³-hybridized carbons (Fsp3) is 0.727. The van der Waals surface area contributed by atoms with E-state index in [4.69, 9.17) is 12.2 Å². The lowest BCUT2D eigenvalue weighted by Gasteiger charge is -2.39. The molecule has 0 aromatic rings. The highest BCUT2D eigenvalue weighted by Gasteiger charge is 2.27. The molecular formula is C11H19N3O. The Morgan fingerprint density at radius 2 is 2.33 bits per heavy atom. The highest BCUT2D eigenvalue weighted by Crippen LogP contribution is 2.09. The van der Waals surface area contributed by atoms with Crippen LogP contribution < -0.4 is 5.73 Å². The van der Waals surface area contributed by atoms with Gasteiger partial charge in [-0.3, -0.25) is 4.79 Å². The van der Waals surface area contributed by atoms with Crippen molar-refractivity contribution in [3.05, 3.63) is 0 Å². The molecule has 1 unspecified atom stereocenters. The predicted octanol–water partition coefficient (Wildman–Crippen LogP) is -0.499. The molecule has 0 aromatic carbocycles. The first-order valence-electron chi connectivity index (χ1n) is 5.30. The van der Waals surface area contributed by atoms with Crippen molar-refractivity contribution in [3.8, 4) is 12.3 Å². The van der Waals surface area contributed by atoms with E-state index >= 15 is 0 Å². The van der Waals surface area contributed by atoms with E-state index in [1.165, 1.54) is 0 Å². The van der Waals surface area contributed by atoms with Crippen LogP contribution in [0.4, 0.5) is 0 Å². The van der Waals surface area contributed by atoms with Gasteiger partial charge < -0.3 is 15.5 Å². The maximum absolute atomic E-state index is 11.8. The standard InChI is InChI=1S/C11H19N3O/c1-3-4-5-11(15)14-7-6-13(2)9-10(14)8-12/h1,10H,4-9,12H2,2H3. The molecule has 15 heavy (non-hydrogen) atoms. The normalized spacial score (nSPS) is 22.5. The van der Waals surface area contributed by atoms with E-state index in [0.29, 0.717) is 19.4 Å². The van der Waals surface area contributed by atoms with Gasteiger partial charge in [0.25, 0.3) is 0 Å². The van der Waals surface area contributed by atoms with Gasteiger partial charge >= 0.3 is 0 Å². The van der Waals surface area contributed by atoms with Crippen LogP contribution in [0.2, 0.25) is 0 Å². The van der Waals surface area contributed by atoms with Gasteiger partial charge in [0.05, 0.1) is 6.04 Å². The van der Waals surface area contributed by atoms with Crippen LogP contribution in [0, 0.1) is 12.3 Å². The Labute approximate surface area is 91.4 Å². The summed E-state index contributed by atoms with van der Waals surface area (Å²) in [6, 6.07) is 0.147. The largest absolute Gasteiger partial charge is 0.336 e. The average Bonchev–Trinajstić information content (AvgIpc) is 2.25. The highest BCUT2D eigenvalue weighted by molar-refractivity contribution is 5.77. The molecule has 1 aliphatic rings. The Morgan fingerprint density at radius 3 is 2.93 bits per heavy atom. The molecule has 0 saturated carbocycles. The van der Waals surface area contributed by atoms with E-state index in [2.05, 4.69) is 10.8 Å². The van der Waals surface area contributed by atoms with E-state index in [0.717, 1.165) is 19.6 Å². The minimum atomic E-state index is 0.136. The summed E-state index contributed by atoms with van der Waals surface area (Å²) in [5.41, 5.74) is 5.66. The summed E-state index contributed by atoms with van der Waals surface area (Å²) in [7, 11) is 2.05. The first-order valence-corrected chi connectivity index (χ1v) is 5.30. The number of nitrogens with zero attached hydrogens (tertiary/aromatic N) is 2. The van der Waals surface area contributed by atoms with Crippen LogP contribution in [-0.2, 0) is 4.79 Å². The maximum Gasteiger partial charge on any atom is 0.223 e. The summed E-state index contributed by atoms with van der Waals surface area (Å²) >= 11 is 0. The Kier molecular flexibility index (Phi) is 4.60. The number of terminal acetylenes is 1. The zero-order chi connectivity index (χ0) is 11.3. The number of nitrogens with two attached hydrogens (primary N) is 1. The number of rotatable bonds is 3. The third-order valence-electron chi connectivity index (χ3n) is 2.76. The number of hydrogen-bond donors (Lipinski definition) is 1. The molecule has 0 aliphatic carbocycles. The summed E-state index contributed by atoms with van der Waals surface area (Å²) in [6.45, 7) is 3.06. The fourth-order valence-corrected chi connectivity index (χ4v) is 1.86. The third-order valence-corrected chi connectivity index (χ3v) is 2.76. The van der Waals surface area contributed by atoms with E-state index in [-0.39, 0.29) is 11.9 Å². The highest BCUT2D eigenvalue weighted by atomic mass is 16.2. The Morgan fingerprint density at radius 1 is 1.60 bits per heavy atom. The minimum absolute atomic E-state index is 0.136. The molecule has 2 N–H and O–H groups in total. The fourth-order valence-electron chi connectivity index (χ4n) is 1.86. The zero-order valence-electron chi connectivity index (χ0n) is 9.28. The first kappa shape index (κ1) is 12.0. The summed E-state index contributed by atoms with van der Waals surface area (Å²) in [5, 5.41) is 0. The number of hydrogen-bond acceptors (Lipinski definition) is 3. The van der Waals surface area contributed by atoms with Crippen molar-refractivity contribution in [3.63, 3.8) is 0 Å². The molecule has 4 heteroatoms. The van der Waals surface area contributed by atoms with Crippen LogP contribution in [0.25, 0.3) is 0 Å². The summed E-state index contributed by atoms with van der Waals surface area (Å²) in [4.78, 5) is 15.9. The quantitative estimate of drug-likeness (QED) is 0.638. The zero-order valence-corrected chi connectivity index (χ0v) is 9.28. The van der Waals surface area contributed by atoms with Gasteiger partial charge in [-0.05, 0) is 7.05 Å². The summed E-state index contributed by atoms with van der Waals surface area (Å²) in [6.07, 6.45) is 6.10. The van der Waals surface area contributed by atoms with Crippen molar-refractivity contribution < 1.29 is 4.79 Å². The molecule has 1 fully saturated rings. The molecule has 1 aliphatic heterocycles. The third kappa shape index (κ3) is 3.22. The molecule has 84 valence electrons. The van der Waals surface area contributed by atoms with E-state index in [9.17, 15) is 4.79 Å². The van der Waals surface area contributed by atoms with Crippen LogP contribution in [0.3, 0.4) is 0 Å². The summed E-state index contributed by atoms with van der Waals surface area (Å²) < 4.78 is 0. The number of amides is 1. The average molecular weight is 209 g/mol. The molecule has 0 bridgehead atoms. The van der Waals surface area contributed by atoms with Crippen LogP contribution in [-0.4, -0.2) is 55.0 Å². The second-order valence-corrected chi connectivity index (χ2v) is 3.94. The lowest BCUT2D eigenvalue weighted by molar-refractivity contribution is -0.135. The topological polar surface area (TPSA) is 49.6 Å². The number of carbonyl (C=O) groups is 1. The molecule has 4 nitrogen and oxygen atoms in total. The second kappa shape index (κ2) is 5.74. The lowest BCUT2D eigenvalue weighted by atomic mass is 10.1. The molecule has 1 amide bonds. The monoisotopic (exact) mass is 209 g/mol. The van der Waals surface area contributed by atoms with Crippen LogP contribution in [0.5, 0.6) is 0 Å². The molecule has 1 rings (SSSR count). The molecule has 1 saturated heterocycles. The van der Waals surface area contributed by atoms with Crippen molar-refractivity contribution in [1.82, 2.24) is 9.80 Å². The van der Waals surface area contributed by atoms with Gasteiger partial charge in [-0.25, -0.2) is 0 Å². The SMILES string of the molecule is C#CCCC(=O)N1CCN(C)CC1CN. The molecule has 1 atom stereocenters. The maximum atomic E-state index is 11.8. The number of likely N-dealkylation sites (N-methyl/N-ethyl adjacent to an activating group) is 1. The van der Waals surface area contributed by atoms with Crippen molar-refractivity contribution in [2.45, 2.75) is 18.9 Å². The number of piperazine rings is 1. The van der Waals surface area contributed by atoms with Crippen molar-refractivity contribution in [2.24, 2.45) is 5.73 Å². The van der Waals surface area contributed by atoms with E-state index < -0.39 is 0 Å². The van der Waals surface area contributed by atoms with Crippen LogP contribution in [0.15, 0.2) is 0 Å². The van der Waals surface area contributed by atoms with Crippen molar-refractivity contribution in [1.29, 1.82) is 0 Å². The Hall–Kier alpha value is -1.05. The van der Waals surface area contributed by atoms with Gasteiger partial charge in [0.15, 0.2) is 0 Å². The van der Waals surface area contributed by atoms with Crippen LogP contribution in [0.1, 0.15) is 12.8 Å². The van der Waals surface area contributed by atoms with Gasteiger partial charge in [-0.1, -0.05) is 0 Å². The Balaban J connectivity index is 2.52. The number of carbonyl (C=O) groups excluding carboxylic acids is 1. The van der Waals surface area contributed by atoms with Gasteiger partial charge in [0.1, 0.15) is 0 Å². The molecule has 0 aromatic heterocycles.